The SMILES string of the molecule is Cc1cccc2cc3c(cc12)CC(=O)CC31CC2C=CC1C2. The van der Waals surface area contributed by atoms with Crippen molar-refractivity contribution in [3.8, 4) is 0 Å². The third-order valence-corrected chi connectivity index (χ3v) is 6.27. The maximum atomic E-state index is 12.5. The van der Waals surface area contributed by atoms with E-state index in [0.29, 0.717) is 24.0 Å². The molecule has 0 N–H and O–H groups in total. The predicted molar refractivity (Wildman–Crippen MR) is 89.0 cm³/mol. The van der Waals surface area contributed by atoms with Gasteiger partial charge >= 0.3 is 0 Å². The zero-order valence-corrected chi connectivity index (χ0v) is 12.9. The fourth-order valence-corrected chi connectivity index (χ4v) is 5.33. The summed E-state index contributed by atoms with van der Waals surface area (Å²) in [5, 5.41) is 2.64. The minimum atomic E-state index is 0.0992. The van der Waals surface area contributed by atoms with Crippen LogP contribution in [-0.2, 0) is 16.6 Å². The molecule has 0 heterocycles. The number of carbonyl (C=O) groups excluding carboxylic acids is 1. The molecule has 1 fully saturated rings. The van der Waals surface area contributed by atoms with Crippen LogP contribution in [0.4, 0.5) is 0 Å². The molecular formula is C21H20O. The number of carbonyl (C=O) groups is 1. The highest BCUT2D eigenvalue weighted by atomic mass is 16.1. The molecule has 5 rings (SSSR count). The summed E-state index contributed by atoms with van der Waals surface area (Å²) in [5.74, 6) is 1.70. The summed E-state index contributed by atoms with van der Waals surface area (Å²) in [6.07, 6.45) is 8.56. The van der Waals surface area contributed by atoms with E-state index in [1.54, 1.807) is 0 Å². The molecule has 1 spiro atoms. The highest BCUT2D eigenvalue weighted by Crippen LogP contribution is 2.58. The van der Waals surface area contributed by atoms with Crippen LogP contribution in [-0.4, -0.2) is 5.78 Å². The topological polar surface area (TPSA) is 17.1 Å². The van der Waals surface area contributed by atoms with Crippen molar-refractivity contribution in [2.24, 2.45) is 11.8 Å². The summed E-state index contributed by atoms with van der Waals surface area (Å²) in [6.45, 7) is 2.16. The van der Waals surface area contributed by atoms with Crippen LogP contribution in [0.1, 0.15) is 36.0 Å². The smallest absolute Gasteiger partial charge is 0.138 e. The van der Waals surface area contributed by atoms with Crippen molar-refractivity contribution >= 4 is 16.6 Å². The van der Waals surface area contributed by atoms with Crippen LogP contribution in [0.2, 0.25) is 0 Å². The first-order chi connectivity index (χ1) is 10.7. The number of benzene rings is 2. The van der Waals surface area contributed by atoms with Crippen LogP contribution in [0.5, 0.6) is 0 Å². The second-order valence-corrected chi connectivity index (χ2v) is 7.55. The van der Waals surface area contributed by atoms with Gasteiger partial charge in [0.2, 0.25) is 0 Å². The molecule has 1 saturated carbocycles. The largest absolute Gasteiger partial charge is 0.299 e. The molecule has 3 atom stereocenters. The Morgan fingerprint density at radius 2 is 2.09 bits per heavy atom. The van der Waals surface area contributed by atoms with Crippen LogP contribution >= 0.6 is 0 Å². The Kier molecular flexibility index (Phi) is 2.35. The molecule has 0 aliphatic heterocycles. The van der Waals surface area contributed by atoms with Crippen molar-refractivity contribution in [3.63, 3.8) is 0 Å². The highest BCUT2D eigenvalue weighted by molar-refractivity contribution is 5.92. The minimum Gasteiger partial charge on any atom is -0.299 e. The molecule has 3 aliphatic carbocycles. The second kappa shape index (κ2) is 4.10. The summed E-state index contributed by atoms with van der Waals surface area (Å²) in [6, 6.07) is 11.2. The Morgan fingerprint density at radius 1 is 1.18 bits per heavy atom. The molecule has 0 radical (unpaired) electrons. The van der Waals surface area contributed by atoms with Gasteiger partial charge in [-0.1, -0.05) is 42.5 Å². The van der Waals surface area contributed by atoms with Gasteiger partial charge in [0.15, 0.2) is 0 Å². The molecule has 0 amide bonds. The standard InChI is InChI=1S/C21H20O/c1-13-3-2-4-15-10-20-16(9-19(13)15)8-18(22)12-21(20)11-14-5-6-17(21)7-14/h2-6,9-10,14,17H,7-8,11-12H2,1H3. The Bertz CT molecular complexity index is 844. The van der Waals surface area contributed by atoms with Gasteiger partial charge in [-0.25, -0.2) is 0 Å². The zero-order valence-electron chi connectivity index (χ0n) is 12.9. The van der Waals surface area contributed by atoms with Crippen molar-refractivity contribution < 1.29 is 4.79 Å². The lowest BCUT2D eigenvalue weighted by Crippen LogP contribution is -2.38. The van der Waals surface area contributed by atoms with Gasteiger partial charge in [-0.05, 0) is 59.1 Å². The maximum absolute atomic E-state index is 12.5. The molecule has 22 heavy (non-hydrogen) atoms. The number of hydrogen-bond acceptors (Lipinski definition) is 1. The molecule has 0 aromatic heterocycles. The summed E-state index contributed by atoms with van der Waals surface area (Å²) in [7, 11) is 0. The summed E-state index contributed by atoms with van der Waals surface area (Å²) < 4.78 is 0. The van der Waals surface area contributed by atoms with Gasteiger partial charge in [-0.15, -0.1) is 0 Å². The second-order valence-electron chi connectivity index (χ2n) is 7.55. The van der Waals surface area contributed by atoms with Gasteiger partial charge in [-0.2, -0.15) is 0 Å². The molecular weight excluding hydrogens is 268 g/mol. The van der Waals surface area contributed by atoms with E-state index in [0.717, 1.165) is 6.42 Å². The average Bonchev–Trinajstić information content (AvgIpc) is 3.08. The number of hydrogen-bond donors (Lipinski definition) is 0. The van der Waals surface area contributed by atoms with Gasteiger partial charge in [0.1, 0.15) is 5.78 Å². The lowest BCUT2D eigenvalue weighted by atomic mass is 9.62. The molecule has 2 bridgehead atoms. The first kappa shape index (κ1) is 12.6. The number of ketones is 1. The van der Waals surface area contributed by atoms with Gasteiger partial charge in [0.05, 0.1) is 0 Å². The van der Waals surface area contributed by atoms with E-state index in [9.17, 15) is 4.79 Å². The average molecular weight is 288 g/mol. The van der Waals surface area contributed by atoms with E-state index in [1.807, 2.05) is 0 Å². The van der Waals surface area contributed by atoms with Crippen molar-refractivity contribution in [2.75, 3.05) is 0 Å². The quantitative estimate of drug-likeness (QED) is 0.652. The Labute approximate surface area is 131 Å². The number of fused-ring (bicyclic) bond motifs is 6. The van der Waals surface area contributed by atoms with Crippen LogP contribution in [0.3, 0.4) is 0 Å². The first-order valence-corrected chi connectivity index (χ1v) is 8.38. The molecule has 1 heteroatoms. The van der Waals surface area contributed by atoms with Gasteiger partial charge in [0.25, 0.3) is 0 Å². The van der Waals surface area contributed by atoms with Crippen molar-refractivity contribution in [1.29, 1.82) is 0 Å². The molecule has 0 saturated heterocycles. The number of rotatable bonds is 0. The van der Waals surface area contributed by atoms with E-state index >= 15 is 0 Å². The third kappa shape index (κ3) is 1.52. The summed E-state index contributed by atoms with van der Waals surface area (Å²) in [5.41, 5.74) is 4.17. The van der Waals surface area contributed by atoms with Crippen molar-refractivity contribution in [1.82, 2.24) is 0 Å². The maximum Gasteiger partial charge on any atom is 0.138 e. The number of Topliss-reactive ketones (excluding diaryl/α,β-unsaturated/α-hetero) is 1. The lowest BCUT2D eigenvalue weighted by Gasteiger charge is -2.40. The highest BCUT2D eigenvalue weighted by Gasteiger charge is 2.52. The van der Waals surface area contributed by atoms with Gasteiger partial charge < -0.3 is 0 Å². The molecule has 3 aliphatic rings. The predicted octanol–water partition coefficient (Wildman–Crippen LogP) is 4.50. The molecule has 1 nitrogen and oxygen atoms in total. The van der Waals surface area contributed by atoms with Crippen molar-refractivity contribution in [2.45, 2.75) is 38.0 Å². The van der Waals surface area contributed by atoms with E-state index in [-0.39, 0.29) is 5.41 Å². The summed E-state index contributed by atoms with van der Waals surface area (Å²) in [4.78, 5) is 12.5. The van der Waals surface area contributed by atoms with Crippen LogP contribution in [0.15, 0.2) is 42.5 Å². The fraction of sp³-hybridized carbons (Fsp3) is 0.381. The van der Waals surface area contributed by atoms with Crippen molar-refractivity contribution in [3.05, 3.63) is 59.2 Å². The van der Waals surface area contributed by atoms with Crippen LogP contribution in [0.25, 0.3) is 10.8 Å². The normalized spacial score (nSPS) is 32.1. The Morgan fingerprint density at radius 3 is 2.86 bits per heavy atom. The monoisotopic (exact) mass is 288 g/mol. The molecule has 3 unspecified atom stereocenters. The van der Waals surface area contributed by atoms with E-state index in [1.165, 1.54) is 40.3 Å². The molecule has 2 aromatic rings. The molecule has 110 valence electrons. The minimum absolute atomic E-state index is 0.0992. The fourth-order valence-electron chi connectivity index (χ4n) is 5.33. The van der Waals surface area contributed by atoms with E-state index < -0.39 is 0 Å². The Hall–Kier alpha value is -1.89. The van der Waals surface area contributed by atoms with Crippen LogP contribution in [0, 0.1) is 18.8 Å². The Balaban J connectivity index is 1.80. The third-order valence-electron chi connectivity index (χ3n) is 6.27. The lowest BCUT2D eigenvalue weighted by molar-refractivity contribution is -0.120. The summed E-state index contributed by atoms with van der Waals surface area (Å²) >= 11 is 0. The molecule has 2 aromatic carbocycles. The van der Waals surface area contributed by atoms with Gasteiger partial charge in [0, 0.05) is 18.3 Å². The van der Waals surface area contributed by atoms with E-state index in [2.05, 4.69) is 49.4 Å². The van der Waals surface area contributed by atoms with Crippen LogP contribution < -0.4 is 0 Å². The van der Waals surface area contributed by atoms with E-state index in [4.69, 9.17) is 0 Å². The zero-order chi connectivity index (χ0) is 14.9. The number of allylic oxidation sites excluding steroid dienone is 2. The van der Waals surface area contributed by atoms with Gasteiger partial charge in [-0.3, -0.25) is 4.79 Å². The number of aryl methyl sites for hydroxylation is 1. The first-order valence-electron chi connectivity index (χ1n) is 8.38.